The van der Waals surface area contributed by atoms with Crippen LogP contribution in [0.3, 0.4) is 0 Å². The van der Waals surface area contributed by atoms with Crippen LogP contribution in [-0.4, -0.2) is 24.0 Å². The molecular weight excluding hydrogens is 236 g/mol. The van der Waals surface area contributed by atoms with Gasteiger partial charge in [0.1, 0.15) is 11.5 Å². The predicted octanol–water partition coefficient (Wildman–Crippen LogP) is 3.32. The third kappa shape index (κ3) is 4.36. The highest BCUT2D eigenvalue weighted by Crippen LogP contribution is 2.21. The number of furan rings is 1. The van der Waals surface area contributed by atoms with Gasteiger partial charge in [0, 0.05) is 18.2 Å². The van der Waals surface area contributed by atoms with E-state index in [1.165, 1.54) is 31.5 Å². The van der Waals surface area contributed by atoms with E-state index in [9.17, 15) is 0 Å². The summed E-state index contributed by atoms with van der Waals surface area (Å²) >= 11 is 0. The highest BCUT2D eigenvalue weighted by Gasteiger charge is 2.17. The molecule has 0 spiro atoms. The largest absolute Gasteiger partial charge is 0.465 e. The second-order valence-corrected chi connectivity index (χ2v) is 6.29. The molecule has 0 unspecified atom stereocenters. The Morgan fingerprint density at radius 2 is 2.05 bits per heavy atom. The summed E-state index contributed by atoms with van der Waals surface area (Å²) in [6, 6.07) is 2.74. The molecule has 0 atom stereocenters. The lowest BCUT2D eigenvalue weighted by molar-refractivity contribution is 0.173. The van der Waals surface area contributed by atoms with Gasteiger partial charge in [0.05, 0.1) is 6.54 Å². The Morgan fingerprint density at radius 1 is 1.37 bits per heavy atom. The molecule has 0 aliphatic carbocycles. The highest BCUT2D eigenvalue weighted by molar-refractivity contribution is 5.20. The molecule has 1 aromatic heterocycles. The molecule has 1 saturated heterocycles. The number of nitrogens with zero attached hydrogens (tertiary/aromatic N) is 1. The summed E-state index contributed by atoms with van der Waals surface area (Å²) in [6.45, 7) is 13.1. The van der Waals surface area contributed by atoms with Crippen molar-refractivity contribution in [2.24, 2.45) is 5.92 Å². The predicted molar refractivity (Wildman–Crippen MR) is 79.1 cm³/mol. The lowest BCUT2D eigenvalue weighted by Gasteiger charge is -2.29. The number of likely N-dealkylation sites (tertiary alicyclic amines) is 1. The van der Waals surface area contributed by atoms with Crippen molar-refractivity contribution >= 4 is 0 Å². The molecule has 1 N–H and O–H groups in total. The molecule has 2 rings (SSSR count). The van der Waals surface area contributed by atoms with E-state index in [2.05, 4.69) is 44.0 Å². The molecule has 0 saturated carbocycles. The molecular formula is C16H28N2O. The third-order valence-electron chi connectivity index (χ3n) is 4.03. The molecule has 3 nitrogen and oxygen atoms in total. The first kappa shape index (κ1) is 14.6. The maximum Gasteiger partial charge on any atom is 0.118 e. The van der Waals surface area contributed by atoms with Crippen molar-refractivity contribution in [3.05, 3.63) is 23.2 Å². The van der Waals surface area contributed by atoms with E-state index in [1.807, 2.05) is 0 Å². The van der Waals surface area contributed by atoms with Crippen LogP contribution in [0.2, 0.25) is 0 Å². The van der Waals surface area contributed by atoms with Crippen LogP contribution in [0, 0.1) is 12.8 Å². The van der Waals surface area contributed by atoms with Crippen molar-refractivity contribution in [3.8, 4) is 0 Å². The molecule has 3 heteroatoms. The van der Waals surface area contributed by atoms with Crippen LogP contribution in [0.4, 0.5) is 0 Å². The van der Waals surface area contributed by atoms with Gasteiger partial charge >= 0.3 is 0 Å². The zero-order chi connectivity index (χ0) is 13.8. The summed E-state index contributed by atoms with van der Waals surface area (Å²) in [5, 5.41) is 3.45. The number of aryl methyl sites for hydroxylation is 1. The summed E-state index contributed by atoms with van der Waals surface area (Å²) in [6.07, 6.45) is 2.64. The summed E-state index contributed by atoms with van der Waals surface area (Å²) in [5.41, 5.74) is 1.30. The van der Waals surface area contributed by atoms with Crippen LogP contribution in [0.15, 0.2) is 10.5 Å². The molecule has 2 heterocycles. The summed E-state index contributed by atoms with van der Waals surface area (Å²) in [4.78, 5) is 2.51. The Hall–Kier alpha value is -0.800. The van der Waals surface area contributed by atoms with E-state index in [4.69, 9.17) is 4.42 Å². The Morgan fingerprint density at radius 3 is 2.68 bits per heavy atom. The van der Waals surface area contributed by atoms with Crippen LogP contribution >= 0.6 is 0 Å². The van der Waals surface area contributed by atoms with Gasteiger partial charge in [-0.2, -0.15) is 0 Å². The average molecular weight is 264 g/mol. The molecule has 1 fully saturated rings. The van der Waals surface area contributed by atoms with E-state index in [0.717, 1.165) is 30.5 Å². The quantitative estimate of drug-likeness (QED) is 0.884. The Kier molecular flexibility index (Phi) is 5.06. The molecule has 1 aliphatic heterocycles. The van der Waals surface area contributed by atoms with Gasteiger partial charge in [0.25, 0.3) is 0 Å². The standard InChI is InChI=1S/C16H28N2O/c1-12(2)17-10-15-9-16(19-14(15)4)11-18-7-5-13(3)6-8-18/h9,12-13,17H,5-8,10-11H2,1-4H3. The van der Waals surface area contributed by atoms with Crippen molar-refractivity contribution in [2.75, 3.05) is 13.1 Å². The summed E-state index contributed by atoms with van der Waals surface area (Å²) < 4.78 is 5.89. The fourth-order valence-electron chi connectivity index (χ4n) is 2.60. The molecule has 108 valence electrons. The van der Waals surface area contributed by atoms with Crippen molar-refractivity contribution in [1.29, 1.82) is 0 Å². The first-order chi connectivity index (χ1) is 9.04. The van der Waals surface area contributed by atoms with Gasteiger partial charge < -0.3 is 9.73 Å². The molecule has 0 bridgehead atoms. The molecule has 0 amide bonds. The molecule has 1 aliphatic rings. The topological polar surface area (TPSA) is 28.4 Å². The normalized spacial score (nSPS) is 18.4. The second kappa shape index (κ2) is 6.58. The number of hydrogen-bond acceptors (Lipinski definition) is 3. The van der Waals surface area contributed by atoms with Crippen LogP contribution in [0.25, 0.3) is 0 Å². The van der Waals surface area contributed by atoms with Crippen molar-refractivity contribution in [2.45, 2.75) is 59.7 Å². The zero-order valence-electron chi connectivity index (χ0n) is 12.8. The number of nitrogens with one attached hydrogen (secondary N) is 1. The van der Waals surface area contributed by atoms with Gasteiger partial charge in [-0.25, -0.2) is 0 Å². The van der Waals surface area contributed by atoms with Crippen LogP contribution in [0.5, 0.6) is 0 Å². The zero-order valence-corrected chi connectivity index (χ0v) is 12.8. The molecule has 0 radical (unpaired) electrons. The maximum atomic E-state index is 5.89. The van der Waals surface area contributed by atoms with Crippen LogP contribution in [0.1, 0.15) is 50.7 Å². The second-order valence-electron chi connectivity index (χ2n) is 6.29. The molecule has 1 aromatic rings. The van der Waals surface area contributed by atoms with Gasteiger partial charge in [-0.1, -0.05) is 20.8 Å². The maximum absolute atomic E-state index is 5.89. The SMILES string of the molecule is Cc1oc(CN2CCC(C)CC2)cc1CNC(C)C. The molecule has 19 heavy (non-hydrogen) atoms. The van der Waals surface area contributed by atoms with E-state index in [1.54, 1.807) is 0 Å². The number of rotatable bonds is 5. The van der Waals surface area contributed by atoms with E-state index >= 15 is 0 Å². The summed E-state index contributed by atoms with van der Waals surface area (Å²) in [5.74, 6) is 3.07. The lowest BCUT2D eigenvalue weighted by atomic mass is 9.99. The van der Waals surface area contributed by atoms with Crippen molar-refractivity contribution in [3.63, 3.8) is 0 Å². The van der Waals surface area contributed by atoms with Crippen molar-refractivity contribution < 1.29 is 4.42 Å². The first-order valence-corrected chi connectivity index (χ1v) is 7.58. The lowest BCUT2D eigenvalue weighted by Crippen LogP contribution is -2.32. The fraction of sp³-hybridized carbons (Fsp3) is 0.750. The smallest absolute Gasteiger partial charge is 0.118 e. The van der Waals surface area contributed by atoms with E-state index in [-0.39, 0.29) is 0 Å². The van der Waals surface area contributed by atoms with E-state index < -0.39 is 0 Å². The third-order valence-corrected chi connectivity index (χ3v) is 4.03. The van der Waals surface area contributed by atoms with Crippen LogP contribution < -0.4 is 5.32 Å². The minimum Gasteiger partial charge on any atom is -0.465 e. The minimum atomic E-state index is 0.515. The fourth-order valence-corrected chi connectivity index (χ4v) is 2.60. The number of piperidine rings is 1. The van der Waals surface area contributed by atoms with Crippen LogP contribution in [-0.2, 0) is 13.1 Å². The highest BCUT2D eigenvalue weighted by atomic mass is 16.3. The van der Waals surface area contributed by atoms with Gasteiger partial charge in [0.15, 0.2) is 0 Å². The Bertz CT molecular complexity index is 389. The summed E-state index contributed by atoms with van der Waals surface area (Å²) in [7, 11) is 0. The molecule has 0 aromatic carbocycles. The van der Waals surface area contributed by atoms with Gasteiger partial charge in [-0.15, -0.1) is 0 Å². The van der Waals surface area contributed by atoms with Gasteiger partial charge in [0.2, 0.25) is 0 Å². The number of hydrogen-bond donors (Lipinski definition) is 1. The minimum absolute atomic E-state index is 0.515. The average Bonchev–Trinajstić information content (AvgIpc) is 2.70. The Balaban J connectivity index is 1.88. The monoisotopic (exact) mass is 264 g/mol. The van der Waals surface area contributed by atoms with Gasteiger partial charge in [-0.05, 0) is 44.8 Å². The van der Waals surface area contributed by atoms with Gasteiger partial charge in [-0.3, -0.25) is 4.90 Å². The first-order valence-electron chi connectivity index (χ1n) is 7.58. The van der Waals surface area contributed by atoms with Crippen molar-refractivity contribution in [1.82, 2.24) is 10.2 Å². The Labute approximate surface area is 117 Å². The van der Waals surface area contributed by atoms with E-state index in [0.29, 0.717) is 6.04 Å².